The Bertz CT molecular complexity index is 766. The van der Waals surface area contributed by atoms with Gasteiger partial charge in [-0.1, -0.05) is 30.0 Å². The first-order chi connectivity index (χ1) is 10.6. The van der Waals surface area contributed by atoms with E-state index in [0.717, 1.165) is 5.56 Å². The first-order valence-electron chi connectivity index (χ1n) is 7.08. The number of aromatic nitrogens is 1. The molecule has 0 saturated heterocycles. The number of benzene rings is 1. The van der Waals surface area contributed by atoms with E-state index in [9.17, 15) is 9.59 Å². The highest BCUT2D eigenvalue weighted by molar-refractivity contribution is 5.77. The van der Waals surface area contributed by atoms with Crippen LogP contribution in [0.1, 0.15) is 36.6 Å². The average Bonchev–Trinajstić information content (AvgIpc) is 2.53. The number of carbonyl (C=O) groups excluding carboxylic acids is 1. The Morgan fingerprint density at radius 3 is 2.55 bits per heavy atom. The van der Waals surface area contributed by atoms with Crippen molar-refractivity contribution in [3.63, 3.8) is 0 Å². The molecule has 4 nitrogen and oxygen atoms in total. The van der Waals surface area contributed by atoms with Gasteiger partial charge in [-0.2, -0.15) is 0 Å². The largest absolute Gasteiger partial charge is 0.465 e. The van der Waals surface area contributed by atoms with Gasteiger partial charge in [-0.3, -0.25) is 9.59 Å². The van der Waals surface area contributed by atoms with E-state index in [0.29, 0.717) is 17.9 Å². The Morgan fingerprint density at radius 1 is 1.18 bits per heavy atom. The molecule has 112 valence electrons. The summed E-state index contributed by atoms with van der Waals surface area (Å²) in [4.78, 5) is 26.2. The van der Waals surface area contributed by atoms with E-state index < -0.39 is 5.92 Å². The number of pyridine rings is 1. The van der Waals surface area contributed by atoms with Crippen LogP contribution >= 0.6 is 0 Å². The standard InChI is InChI=1S/C18H17NO3/c1-3-22-18(21)13(2)16-11-15(12-17(20)19-16)10-9-14-7-5-4-6-8-14/h4-8,11-13H,3H2,1-2H3,(H,19,20). The zero-order chi connectivity index (χ0) is 15.9. The maximum Gasteiger partial charge on any atom is 0.314 e. The van der Waals surface area contributed by atoms with Crippen molar-refractivity contribution in [1.82, 2.24) is 4.98 Å². The minimum Gasteiger partial charge on any atom is -0.465 e. The van der Waals surface area contributed by atoms with Gasteiger partial charge in [-0.15, -0.1) is 0 Å². The smallest absolute Gasteiger partial charge is 0.314 e. The van der Waals surface area contributed by atoms with Gasteiger partial charge < -0.3 is 9.72 Å². The van der Waals surface area contributed by atoms with Crippen molar-refractivity contribution in [1.29, 1.82) is 0 Å². The normalized spacial score (nSPS) is 11.2. The molecule has 0 saturated carbocycles. The maximum absolute atomic E-state index is 11.8. The average molecular weight is 295 g/mol. The fourth-order valence-corrected chi connectivity index (χ4v) is 1.93. The third-order valence-corrected chi connectivity index (χ3v) is 3.10. The molecule has 1 N–H and O–H groups in total. The van der Waals surface area contributed by atoms with Gasteiger partial charge in [-0.25, -0.2) is 0 Å². The predicted octanol–water partition coefficient (Wildman–Crippen LogP) is 2.44. The number of esters is 1. The summed E-state index contributed by atoms with van der Waals surface area (Å²) >= 11 is 0. The summed E-state index contributed by atoms with van der Waals surface area (Å²) in [5.41, 5.74) is 1.65. The SMILES string of the molecule is CCOC(=O)C(C)c1cc(C#Cc2ccccc2)cc(=O)[nH]1. The minimum absolute atomic E-state index is 0.286. The number of hydrogen-bond donors (Lipinski definition) is 1. The molecule has 22 heavy (non-hydrogen) atoms. The molecule has 0 fully saturated rings. The van der Waals surface area contributed by atoms with E-state index in [-0.39, 0.29) is 11.5 Å². The number of H-pyrrole nitrogens is 1. The molecule has 1 atom stereocenters. The number of nitrogens with one attached hydrogen (secondary N) is 1. The molecule has 1 aromatic carbocycles. The number of aromatic amines is 1. The molecule has 1 heterocycles. The van der Waals surface area contributed by atoms with Gasteiger partial charge in [0.15, 0.2) is 0 Å². The molecule has 2 aromatic rings. The van der Waals surface area contributed by atoms with Gasteiger partial charge in [0, 0.05) is 22.9 Å². The first-order valence-corrected chi connectivity index (χ1v) is 7.08. The Hall–Kier alpha value is -2.80. The molecule has 0 aliphatic carbocycles. The van der Waals surface area contributed by atoms with Gasteiger partial charge in [-0.05, 0) is 32.0 Å². The number of ether oxygens (including phenoxy) is 1. The van der Waals surface area contributed by atoms with Gasteiger partial charge >= 0.3 is 5.97 Å². The molecular formula is C18H17NO3. The molecule has 0 spiro atoms. The van der Waals surface area contributed by atoms with Crippen LogP contribution in [0.25, 0.3) is 0 Å². The van der Waals surface area contributed by atoms with Crippen molar-refractivity contribution in [2.45, 2.75) is 19.8 Å². The minimum atomic E-state index is -0.536. The van der Waals surface area contributed by atoms with E-state index >= 15 is 0 Å². The third-order valence-electron chi connectivity index (χ3n) is 3.10. The summed E-state index contributed by atoms with van der Waals surface area (Å²) in [7, 11) is 0. The second kappa shape index (κ2) is 7.28. The van der Waals surface area contributed by atoms with Crippen molar-refractivity contribution in [2.75, 3.05) is 6.61 Å². The lowest BCUT2D eigenvalue weighted by molar-refractivity contribution is -0.144. The number of rotatable bonds is 3. The molecule has 4 heteroatoms. The number of hydrogen-bond acceptors (Lipinski definition) is 3. The van der Waals surface area contributed by atoms with Crippen molar-refractivity contribution in [3.8, 4) is 11.8 Å². The van der Waals surface area contributed by atoms with Crippen molar-refractivity contribution in [2.24, 2.45) is 0 Å². The second-order valence-electron chi connectivity index (χ2n) is 4.78. The molecule has 1 unspecified atom stereocenters. The fraction of sp³-hybridized carbons (Fsp3) is 0.222. The highest BCUT2D eigenvalue weighted by Crippen LogP contribution is 2.14. The van der Waals surface area contributed by atoms with Crippen LogP contribution in [0.3, 0.4) is 0 Å². The lowest BCUT2D eigenvalue weighted by Crippen LogP contribution is -2.18. The van der Waals surface area contributed by atoms with Gasteiger partial charge in [0.25, 0.3) is 0 Å². The van der Waals surface area contributed by atoms with Crippen molar-refractivity contribution < 1.29 is 9.53 Å². The topological polar surface area (TPSA) is 59.2 Å². The van der Waals surface area contributed by atoms with E-state index in [4.69, 9.17) is 4.74 Å². The molecule has 1 aromatic heterocycles. The zero-order valence-electron chi connectivity index (χ0n) is 12.6. The van der Waals surface area contributed by atoms with Crippen LogP contribution < -0.4 is 5.56 Å². The quantitative estimate of drug-likeness (QED) is 0.699. The highest BCUT2D eigenvalue weighted by Gasteiger charge is 2.17. The van der Waals surface area contributed by atoms with Gasteiger partial charge in [0.2, 0.25) is 5.56 Å². The lowest BCUT2D eigenvalue weighted by atomic mass is 10.1. The second-order valence-corrected chi connectivity index (χ2v) is 4.78. The summed E-state index contributed by atoms with van der Waals surface area (Å²) in [6.45, 7) is 3.74. The summed E-state index contributed by atoms with van der Waals surface area (Å²) in [6.07, 6.45) is 0. The molecule has 0 aliphatic rings. The Morgan fingerprint density at radius 2 is 1.86 bits per heavy atom. The summed E-state index contributed by atoms with van der Waals surface area (Å²) in [6, 6.07) is 12.6. The van der Waals surface area contributed by atoms with Crippen LogP contribution in [0.15, 0.2) is 47.3 Å². The van der Waals surface area contributed by atoms with Crippen molar-refractivity contribution >= 4 is 5.97 Å². The van der Waals surface area contributed by atoms with Gasteiger partial charge in [0.1, 0.15) is 0 Å². The van der Waals surface area contributed by atoms with E-state index in [1.54, 1.807) is 19.9 Å². The van der Waals surface area contributed by atoms with Crippen molar-refractivity contribution in [3.05, 3.63) is 69.6 Å². The summed E-state index contributed by atoms with van der Waals surface area (Å²) in [5.74, 6) is 5.03. The molecule has 0 radical (unpaired) electrons. The van der Waals surface area contributed by atoms with Crippen LogP contribution in [0.4, 0.5) is 0 Å². The molecule has 2 rings (SSSR count). The van der Waals surface area contributed by atoms with E-state index in [1.165, 1.54) is 6.07 Å². The van der Waals surface area contributed by atoms with Crippen LogP contribution in [0.2, 0.25) is 0 Å². The Labute approximate surface area is 129 Å². The van der Waals surface area contributed by atoms with Crippen LogP contribution in [-0.4, -0.2) is 17.6 Å². The highest BCUT2D eigenvalue weighted by atomic mass is 16.5. The lowest BCUT2D eigenvalue weighted by Gasteiger charge is -2.10. The molecule has 0 bridgehead atoms. The Balaban J connectivity index is 2.30. The monoisotopic (exact) mass is 295 g/mol. The first kappa shape index (κ1) is 15.6. The predicted molar refractivity (Wildman–Crippen MR) is 84.5 cm³/mol. The third kappa shape index (κ3) is 4.10. The van der Waals surface area contributed by atoms with E-state index in [2.05, 4.69) is 16.8 Å². The molecular weight excluding hydrogens is 278 g/mol. The number of carbonyl (C=O) groups is 1. The van der Waals surface area contributed by atoms with Gasteiger partial charge in [0.05, 0.1) is 12.5 Å². The zero-order valence-corrected chi connectivity index (χ0v) is 12.6. The van der Waals surface area contributed by atoms with Crippen LogP contribution in [-0.2, 0) is 9.53 Å². The molecule has 0 aliphatic heterocycles. The van der Waals surface area contributed by atoms with E-state index in [1.807, 2.05) is 30.3 Å². The van der Waals surface area contributed by atoms with Crippen LogP contribution in [0, 0.1) is 11.8 Å². The summed E-state index contributed by atoms with van der Waals surface area (Å²) < 4.78 is 4.97. The van der Waals surface area contributed by atoms with Crippen LogP contribution in [0.5, 0.6) is 0 Å². The Kier molecular flexibility index (Phi) is 5.16. The fourth-order valence-electron chi connectivity index (χ4n) is 1.93. The maximum atomic E-state index is 11.8. The summed E-state index contributed by atoms with van der Waals surface area (Å²) in [5, 5.41) is 0. The molecule has 0 amide bonds.